The molecule has 1 fully saturated rings. The first kappa shape index (κ1) is 15.3. The summed E-state index contributed by atoms with van der Waals surface area (Å²) in [5.41, 5.74) is 6.85. The average molecular weight is 301 g/mol. The minimum Gasteiger partial charge on any atom is -0.494 e. The molecule has 1 aromatic rings. The first-order valence-corrected chi connectivity index (χ1v) is 8.50. The van der Waals surface area contributed by atoms with Crippen LogP contribution in [0.4, 0.5) is 4.39 Å². The van der Waals surface area contributed by atoms with Crippen LogP contribution in [0.2, 0.25) is 0 Å². The van der Waals surface area contributed by atoms with Gasteiger partial charge in [0.2, 0.25) is 0 Å². The van der Waals surface area contributed by atoms with E-state index in [1.165, 1.54) is 13.2 Å². The summed E-state index contributed by atoms with van der Waals surface area (Å²) in [6.45, 7) is 0. The summed E-state index contributed by atoms with van der Waals surface area (Å²) in [7, 11) is -1.44. The highest BCUT2D eigenvalue weighted by atomic mass is 32.2. The van der Waals surface area contributed by atoms with Gasteiger partial charge in [0.1, 0.15) is 0 Å². The third kappa shape index (κ3) is 3.93. The fourth-order valence-corrected chi connectivity index (χ4v) is 4.59. The first-order valence-electron chi connectivity index (χ1n) is 6.68. The number of rotatable bonds is 5. The molecule has 0 saturated carbocycles. The zero-order chi connectivity index (χ0) is 14.8. The van der Waals surface area contributed by atoms with Gasteiger partial charge in [-0.1, -0.05) is 6.07 Å². The lowest BCUT2D eigenvalue weighted by molar-refractivity contribution is 0.386. The van der Waals surface area contributed by atoms with Crippen molar-refractivity contribution in [2.75, 3.05) is 18.6 Å². The summed E-state index contributed by atoms with van der Waals surface area (Å²) in [6.07, 6.45) is 1.89. The van der Waals surface area contributed by atoms with E-state index in [4.69, 9.17) is 10.5 Å². The lowest BCUT2D eigenvalue weighted by atomic mass is 9.95. The third-order valence-corrected chi connectivity index (χ3v) is 5.51. The van der Waals surface area contributed by atoms with Crippen LogP contribution in [0.5, 0.6) is 5.75 Å². The Balaban J connectivity index is 1.91. The molecule has 0 aromatic heterocycles. The van der Waals surface area contributed by atoms with Crippen molar-refractivity contribution in [2.24, 2.45) is 11.7 Å². The van der Waals surface area contributed by atoms with Crippen molar-refractivity contribution in [2.45, 2.75) is 25.3 Å². The Morgan fingerprint density at radius 2 is 2.25 bits per heavy atom. The lowest BCUT2D eigenvalue weighted by Crippen LogP contribution is -2.26. The van der Waals surface area contributed by atoms with Gasteiger partial charge in [0, 0.05) is 6.04 Å². The Bertz CT molecular complexity index is 574. The Hall–Kier alpha value is -1.14. The van der Waals surface area contributed by atoms with Gasteiger partial charge in [-0.15, -0.1) is 0 Å². The van der Waals surface area contributed by atoms with Crippen LogP contribution in [0.25, 0.3) is 0 Å². The molecule has 6 heteroatoms. The summed E-state index contributed by atoms with van der Waals surface area (Å²) in [4.78, 5) is 0. The first-order chi connectivity index (χ1) is 9.39. The van der Waals surface area contributed by atoms with Crippen molar-refractivity contribution in [3.05, 3.63) is 29.6 Å². The average Bonchev–Trinajstić information content (AvgIpc) is 2.68. The van der Waals surface area contributed by atoms with Crippen molar-refractivity contribution < 1.29 is 17.5 Å². The number of halogens is 1. The number of hydrogen-bond acceptors (Lipinski definition) is 4. The highest BCUT2D eigenvalue weighted by Crippen LogP contribution is 2.24. The van der Waals surface area contributed by atoms with E-state index >= 15 is 0 Å². The van der Waals surface area contributed by atoms with Gasteiger partial charge in [0.15, 0.2) is 21.4 Å². The highest BCUT2D eigenvalue weighted by molar-refractivity contribution is 7.91. The molecular weight excluding hydrogens is 281 g/mol. The fourth-order valence-electron chi connectivity index (χ4n) is 2.71. The molecule has 2 atom stereocenters. The number of sulfone groups is 1. The second-order valence-electron chi connectivity index (χ2n) is 5.44. The van der Waals surface area contributed by atoms with Crippen molar-refractivity contribution in [1.29, 1.82) is 0 Å². The topological polar surface area (TPSA) is 69.4 Å². The monoisotopic (exact) mass is 301 g/mol. The third-order valence-electron chi connectivity index (χ3n) is 3.68. The summed E-state index contributed by atoms with van der Waals surface area (Å²) in [5.74, 6) is 0.446. The van der Waals surface area contributed by atoms with Crippen molar-refractivity contribution in [3.8, 4) is 5.75 Å². The van der Waals surface area contributed by atoms with Crippen LogP contribution in [0, 0.1) is 11.7 Å². The van der Waals surface area contributed by atoms with Gasteiger partial charge in [-0.25, -0.2) is 12.8 Å². The Labute approximate surface area is 119 Å². The molecular formula is C14H20FNO3S. The minimum atomic E-state index is -2.86. The van der Waals surface area contributed by atoms with Crippen LogP contribution in [0.15, 0.2) is 18.2 Å². The number of nitrogens with two attached hydrogens (primary N) is 1. The normalized spacial score (nSPS) is 22.6. The summed E-state index contributed by atoms with van der Waals surface area (Å²) >= 11 is 0. The van der Waals surface area contributed by atoms with Crippen LogP contribution in [0.3, 0.4) is 0 Å². The predicted octanol–water partition coefficient (Wildman–Crippen LogP) is 1.53. The Morgan fingerprint density at radius 3 is 2.80 bits per heavy atom. The van der Waals surface area contributed by atoms with Crippen LogP contribution in [0.1, 0.15) is 18.4 Å². The fraction of sp³-hybridized carbons (Fsp3) is 0.571. The number of methoxy groups -OCH3 is 1. The molecule has 1 aliphatic rings. The van der Waals surface area contributed by atoms with Crippen molar-refractivity contribution in [3.63, 3.8) is 0 Å². The number of ether oxygens (including phenoxy) is 1. The molecule has 0 amide bonds. The van der Waals surface area contributed by atoms with E-state index in [0.717, 1.165) is 5.56 Å². The molecule has 2 N–H and O–H groups in total. The summed E-state index contributed by atoms with van der Waals surface area (Å²) < 4.78 is 41.2. The van der Waals surface area contributed by atoms with E-state index in [9.17, 15) is 12.8 Å². The standard InChI is InChI=1S/C14H20FNO3S/c1-19-14-3-2-10(8-13(14)15)6-12(16)7-11-4-5-20(17,18)9-11/h2-3,8,11-12H,4-7,9,16H2,1H3. The van der Waals surface area contributed by atoms with Gasteiger partial charge >= 0.3 is 0 Å². The van der Waals surface area contributed by atoms with E-state index < -0.39 is 15.7 Å². The summed E-state index contributed by atoms with van der Waals surface area (Å²) in [6, 6.07) is 4.63. The van der Waals surface area contributed by atoms with E-state index in [-0.39, 0.29) is 29.2 Å². The van der Waals surface area contributed by atoms with E-state index in [1.54, 1.807) is 12.1 Å². The smallest absolute Gasteiger partial charge is 0.165 e. The molecule has 0 aliphatic carbocycles. The number of benzene rings is 1. The summed E-state index contributed by atoms with van der Waals surface area (Å²) in [5, 5.41) is 0. The Morgan fingerprint density at radius 1 is 1.50 bits per heavy atom. The van der Waals surface area contributed by atoms with Gasteiger partial charge in [0.05, 0.1) is 18.6 Å². The van der Waals surface area contributed by atoms with Crippen LogP contribution < -0.4 is 10.5 Å². The molecule has 1 aromatic carbocycles. The second kappa shape index (κ2) is 6.10. The number of hydrogen-bond donors (Lipinski definition) is 1. The molecule has 112 valence electrons. The molecule has 1 saturated heterocycles. The largest absolute Gasteiger partial charge is 0.494 e. The van der Waals surface area contributed by atoms with Crippen LogP contribution in [-0.4, -0.2) is 33.1 Å². The van der Waals surface area contributed by atoms with E-state index in [0.29, 0.717) is 19.3 Å². The van der Waals surface area contributed by atoms with Gasteiger partial charge in [-0.3, -0.25) is 0 Å². The molecule has 2 unspecified atom stereocenters. The highest BCUT2D eigenvalue weighted by Gasteiger charge is 2.28. The van der Waals surface area contributed by atoms with Crippen molar-refractivity contribution >= 4 is 9.84 Å². The molecule has 0 spiro atoms. The molecule has 2 rings (SSSR count). The van der Waals surface area contributed by atoms with Crippen LogP contribution in [-0.2, 0) is 16.3 Å². The molecule has 1 heterocycles. The molecule has 4 nitrogen and oxygen atoms in total. The second-order valence-corrected chi connectivity index (χ2v) is 7.67. The van der Waals surface area contributed by atoms with Gasteiger partial charge < -0.3 is 10.5 Å². The lowest BCUT2D eigenvalue weighted by Gasteiger charge is -2.16. The molecule has 0 radical (unpaired) electrons. The maximum absolute atomic E-state index is 13.6. The zero-order valence-electron chi connectivity index (χ0n) is 11.5. The van der Waals surface area contributed by atoms with E-state index in [2.05, 4.69) is 0 Å². The quantitative estimate of drug-likeness (QED) is 0.895. The van der Waals surface area contributed by atoms with Gasteiger partial charge in [0.25, 0.3) is 0 Å². The van der Waals surface area contributed by atoms with Crippen molar-refractivity contribution in [1.82, 2.24) is 0 Å². The van der Waals surface area contributed by atoms with Crippen LogP contribution >= 0.6 is 0 Å². The van der Waals surface area contributed by atoms with E-state index in [1.807, 2.05) is 0 Å². The molecule has 1 aliphatic heterocycles. The Kier molecular flexibility index (Phi) is 4.65. The SMILES string of the molecule is COc1ccc(CC(N)CC2CCS(=O)(=O)C2)cc1F. The maximum Gasteiger partial charge on any atom is 0.165 e. The zero-order valence-corrected chi connectivity index (χ0v) is 12.3. The predicted molar refractivity (Wildman–Crippen MR) is 76.0 cm³/mol. The van der Waals surface area contributed by atoms with Gasteiger partial charge in [-0.2, -0.15) is 0 Å². The van der Waals surface area contributed by atoms with Gasteiger partial charge in [-0.05, 0) is 42.9 Å². The maximum atomic E-state index is 13.6. The molecule has 20 heavy (non-hydrogen) atoms. The molecule has 0 bridgehead atoms. The minimum absolute atomic E-state index is 0.137.